The average molecular weight is 434 g/mol. The number of carbonyl (C=O) groups excluding carboxylic acids is 3. The van der Waals surface area contributed by atoms with Crippen LogP contribution in [0.5, 0.6) is 0 Å². The first-order valence-corrected chi connectivity index (χ1v) is 10.4. The van der Waals surface area contributed by atoms with Gasteiger partial charge in [0.25, 0.3) is 0 Å². The maximum Gasteiger partial charge on any atom is 0.303 e. The van der Waals surface area contributed by atoms with E-state index in [1.54, 1.807) is 6.92 Å². The van der Waals surface area contributed by atoms with E-state index in [0.717, 1.165) is 6.92 Å². The van der Waals surface area contributed by atoms with Gasteiger partial charge >= 0.3 is 5.97 Å². The van der Waals surface area contributed by atoms with Crippen LogP contribution < -0.4 is 0 Å². The molecule has 0 saturated heterocycles. The van der Waals surface area contributed by atoms with Crippen LogP contribution in [0.3, 0.4) is 0 Å². The van der Waals surface area contributed by atoms with Crippen molar-refractivity contribution < 1.29 is 38.8 Å². The van der Waals surface area contributed by atoms with Crippen molar-refractivity contribution in [2.75, 3.05) is 6.61 Å². The van der Waals surface area contributed by atoms with Crippen LogP contribution in [0.15, 0.2) is 35.5 Å². The summed E-state index contributed by atoms with van der Waals surface area (Å²) in [6.45, 7) is 3.55. The van der Waals surface area contributed by atoms with Crippen molar-refractivity contribution >= 4 is 17.5 Å². The molecule has 0 aromatic rings. The number of rotatable bonds is 3. The van der Waals surface area contributed by atoms with Gasteiger partial charge in [-0.2, -0.15) is 0 Å². The van der Waals surface area contributed by atoms with E-state index in [1.807, 2.05) is 0 Å². The summed E-state index contributed by atoms with van der Waals surface area (Å²) in [6, 6.07) is 0. The molecule has 31 heavy (non-hydrogen) atoms. The Bertz CT molecular complexity index is 967. The largest absolute Gasteiger partial charge is 0.458 e. The van der Waals surface area contributed by atoms with Gasteiger partial charge in [0.1, 0.15) is 6.10 Å². The number of esters is 1. The van der Waals surface area contributed by atoms with E-state index in [-0.39, 0.29) is 18.6 Å². The van der Waals surface area contributed by atoms with E-state index >= 15 is 4.39 Å². The van der Waals surface area contributed by atoms with Crippen molar-refractivity contribution in [2.45, 2.75) is 63.5 Å². The molecule has 0 bridgehead atoms. The molecule has 168 valence electrons. The summed E-state index contributed by atoms with van der Waals surface area (Å²) < 4.78 is 21.6. The summed E-state index contributed by atoms with van der Waals surface area (Å²) in [5.41, 5.74) is -6.27. The number of hydrogen-bond donors (Lipinski definition) is 3. The summed E-state index contributed by atoms with van der Waals surface area (Å²) in [7, 11) is 0. The van der Waals surface area contributed by atoms with Gasteiger partial charge < -0.3 is 20.1 Å². The second-order valence-corrected chi connectivity index (χ2v) is 9.56. The summed E-state index contributed by atoms with van der Waals surface area (Å²) >= 11 is 0. The monoisotopic (exact) mass is 434 g/mol. The van der Waals surface area contributed by atoms with E-state index < -0.39 is 58.6 Å². The molecule has 0 unspecified atom stereocenters. The van der Waals surface area contributed by atoms with Crippen molar-refractivity contribution in [3.8, 4) is 0 Å². The van der Waals surface area contributed by atoms with E-state index in [0.29, 0.717) is 17.6 Å². The van der Waals surface area contributed by atoms with Gasteiger partial charge in [-0.3, -0.25) is 14.4 Å². The maximum absolute atomic E-state index is 16.9. The molecule has 7 nitrogen and oxygen atoms in total. The van der Waals surface area contributed by atoms with E-state index in [2.05, 4.69) is 0 Å². The standard InChI is InChI=1S/C23H27FO7/c1-12(25)31-11-19(29)23(30)17(27)9-16-15-5-4-13-8-14(26)6-7-20(13,2)22(15,24)18(28)10-21(16,23)3/h6-9,15,17-18,27-28,30H,4-5,10-11H2,1-3H3/t15-,17+,18-,20-,21-,22-,23-/m0/s1. The smallest absolute Gasteiger partial charge is 0.303 e. The molecule has 0 heterocycles. The Kier molecular flexibility index (Phi) is 4.74. The average Bonchev–Trinajstić information content (AvgIpc) is 2.89. The molecular formula is C23H27FO7. The summed E-state index contributed by atoms with van der Waals surface area (Å²) in [5.74, 6) is -2.74. The summed E-state index contributed by atoms with van der Waals surface area (Å²) in [5, 5.41) is 33.2. The van der Waals surface area contributed by atoms with E-state index in [9.17, 15) is 29.7 Å². The maximum atomic E-state index is 16.9. The topological polar surface area (TPSA) is 121 Å². The molecule has 4 aliphatic carbocycles. The summed E-state index contributed by atoms with van der Waals surface area (Å²) in [6.07, 6.45) is 2.62. The molecule has 8 heteroatoms. The Hall–Kier alpha value is -2.16. The van der Waals surface area contributed by atoms with Gasteiger partial charge in [-0.1, -0.05) is 30.2 Å². The van der Waals surface area contributed by atoms with Gasteiger partial charge in [-0.15, -0.1) is 0 Å². The fourth-order valence-corrected chi connectivity index (χ4v) is 6.34. The second kappa shape index (κ2) is 6.67. The fraction of sp³-hybridized carbons (Fsp3) is 0.609. The molecule has 0 radical (unpaired) electrons. The first-order chi connectivity index (χ1) is 14.3. The Morgan fingerprint density at radius 3 is 2.61 bits per heavy atom. The third-order valence-corrected chi connectivity index (χ3v) is 8.11. The number of aliphatic hydroxyl groups excluding tert-OH is 2. The first kappa shape index (κ1) is 22.0. The Morgan fingerprint density at radius 2 is 1.97 bits per heavy atom. The Morgan fingerprint density at radius 1 is 1.29 bits per heavy atom. The van der Waals surface area contributed by atoms with Crippen LogP contribution in [0.4, 0.5) is 4.39 Å². The highest BCUT2D eigenvalue weighted by atomic mass is 19.1. The molecular weight excluding hydrogens is 407 g/mol. The van der Waals surface area contributed by atoms with Gasteiger partial charge in [0.2, 0.25) is 5.78 Å². The van der Waals surface area contributed by atoms with Gasteiger partial charge in [-0.05, 0) is 38.3 Å². The second-order valence-electron chi connectivity index (χ2n) is 9.56. The Labute approximate surface area is 179 Å². The number of carbonyl (C=O) groups is 3. The third-order valence-electron chi connectivity index (χ3n) is 8.11. The molecule has 0 spiro atoms. The fourth-order valence-electron chi connectivity index (χ4n) is 6.34. The number of fused-ring (bicyclic) bond motifs is 5. The molecule has 3 N–H and O–H groups in total. The zero-order valence-corrected chi connectivity index (χ0v) is 17.7. The van der Waals surface area contributed by atoms with Crippen molar-refractivity contribution in [3.05, 3.63) is 35.5 Å². The molecule has 4 aliphatic rings. The highest BCUT2D eigenvalue weighted by molar-refractivity contribution is 6.01. The molecule has 0 aromatic heterocycles. The van der Waals surface area contributed by atoms with Crippen LogP contribution in [0.2, 0.25) is 0 Å². The SMILES string of the molecule is CC(=O)OCC(=O)[C@@]1(O)[C@H](O)C=C2[C@@H]3CCC4=CC(=O)C=C[C@]4(C)[C@@]3(F)[C@@H](O)C[C@@]21C. The van der Waals surface area contributed by atoms with Crippen LogP contribution in [-0.2, 0) is 19.1 Å². The third kappa shape index (κ3) is 2.58. The van der Waals surface area contributed by atoms with Crippen molar-refractivity contribution in [1.29, 1.82) is 0 Å². The molecule has 0 amide bonds. The zero-order chi connectivity index (χ0) is 23.0. The van der Waals surface area contributed by atoms with Crippen molar-refractivity contribution in [1.82, 2.24) is 0 Å². The molecule has 4 rings (SSSR count). The number of ketones is 2. The molecule has 0 aliphatic heterocycles. The predicted molar refractivity (Wildman–Crippen MR) is 106 cm³/mol. The number of aliphatic hydroxyl groups is 3. The van der Waals surface area contributed by atoms with E-state index in [1.165, 1.54) is 31.2 Å². The van der Waals surface area contributed by atoms with Gasteiger partial charge in [0.15, 0.2) is 23.7 Å². The Balaban J connectivity index is 1.78. The number of Topliss-reactive ketones (excluding diaryl/α,β-unsaturated/α-hetero) is 1. The molecule has 7 atom stereocenters. The predicted octanol–water partition coefficient (Wildman–Crippen LogP) is 1.11. The molecule has 2 saturated carbocycles. The number of allylic oxidation sites excluding steroid dienone is 4. The minimum atomic E-state index is -2.37. The minimum absolute atomic E-state index is 0.231. The quantitative estimate of drug-likeness (QED) is 0.449. The van der Waals surface area contributed by atoms with Gasteiger partial charge in [-0.25, -0.2) is 4.39 Å². The van der Waals surface area contributed by atoms with E-state index in [4.69, 9.17) is 4.74 Å². The van der Waals surface area contributed by atoms with Crippen LogP contribution in [0.25, 0.3) is 0 Å². The lowest BCUT2D eigenvalue weighted by Crippen LogP contribution is -2.68. The number of hydrogen-bond acceptors (Lipinski definition) is 7. The van der Waals surface area contributed by atoms with Crippen LogP contribution >= 0.6 is 0 Å². The highest BCUT2D eigenvalue weighted by Crippen LogP contribution is 2.68. The highest BCUT2D eigenvalue weighted by Gasteiger charge is 2.73. The lowest BCUT2D eigenvalue weighted by molar-refractivity contribution is -0.193. The molecule has 2 fully saturated rings. The normalized spacial score (nSPS) is 45.8. The van der Waals surface area contributed by atoms with Crippen molar-refractivity contribution in [2.24, 2.45) is 16.7 Å². The minimum Gasteiger partial charge on any atom is -0.458 e. The number of ether oxygens (including phenoxy) is 1. The van der Waals surface area contributed by atoms with Crippen LogP contribution in [0, 0.1) is 16.7 Å². The lowest BCUT2D eigenvalue weighted by atomic mass is 9.46. The number of alkyl halides is 1. The zero-order valence-electron chi connectivity index (χ0n) is 17.7. The van der Waals surface area contributed by atoms with Gasteiger partial charge in [0, 0.05) is 23.7 Å². The molecule has 0 aromatic carbocycles. The van der Waals surface area contributed by atoms with Gasteiger partial charge in [0.05, 0.1) is 6.10 Å². The summed E-state index contributed by atoms with van der Waals surface area (Å²) in [4.78, 5) is 35.8. The van der Waals surface area contributed by atoms with Crippen molar-refractivity contribution in [3.63, 3.8) is 0 Å². The van der Waals surface area contributed by atoms with Crippen LogP contribution in [0.1, 0.15) is 40.0 Å². The number of halogens is 1. The first-order valence-electron chi connectivity index (χ1n) is 10.4. The lowest BCUT2D eigenvalue weighted by Gasteiger charge is -2.61. The van der Waals surface area contributed by atoms with Crippen LogP contribution in [-0.4, -0.2) is 62.9 Å².